The maximum atomic E-state index is 11.3. The van der Waals surface area contributed by atoms with Gasteiger partial charge in [0.1, 0.15) is 0 Å². The molecule has 0 radical (unpaired) electrons. The Hall–Kier alpha value is -2.30. The van der Waals surface area contributed by atoms with Crippen LogP contribution in [0.5, 0.6) is 0 Å². The zero-order valence-electron chi connectivity index (χ0n) is 11.3. The lowest BCUT2D eigenvalue weighted by molar-refractivity contribution is 0.0698. The summed E-state index contributed by atoms with van der Waals surface area (Å²) in [6.45, 7) is 0. The number of nitrogens with one attached hydrogen (secondary N) is 1. The van der Waals surface area contributed by atoms with Gasteiger partial charge >= 0.3 is 5.97 Å². The van der Waals surface area contributed by atoms with Gasteiger partial charge in [-0.05, 0) is 31.4 Å². The maximum absolute atomic E-state index is 11.3. The predicted molar refractivity (Wildman–Crippen MR) is 75.9 cm³/mol. The van der Waals surface area contributed by atoms with Crippen molar-refractivity contribution in [1.82, 2.24) is 9.78 Å². The van der Waals surface area contributed by atoms with Crippen LogP contribution in [0.25, 0.3) is 0 Å². The minimum absolute atomic E-state index is 0.132. The van der Waals surface area contributed by atoms with Crippen molar-refractivity contribution in [2.75, 3.05) is 5.32 Å². The average molecular weight is 271 g/mol. The van der Waals surface area contributed by atoms with Gasteiger partial charge in [0.15, 0.2) is 0 Å². The Bertz CT molecular complexity index is 648. The number of benzene rings is 1. The molecule has 104 valence electrons. The largest absolute Gasteiger partial charge is 0.478 e. The number of para-hydroxylation sites is 1. The fourth-order valence-corrected chi connectivity index (χ4v) is 2.84. The molecule has 2 aromatic rings. The second-order valence-corrected chi connectivity index (χ2v) is 5.11. The van der Waals surface area contributed by atoms with Crippen molar-refractivity contribution in [2.24, 2.45) is 7.05 Å². The van der Waals surface area contributed by atoms with Crippen LogP contribution in [-0.4, -0.2) is 20.9 Å². The van der Waals surface area contributed by atoms with Gasteiger partial charge in [0.25, 0.3) is 0 Å². The summed E-state index contributed by atoms with van der Waals surface area (Å²) in [7, 11) is 1.95. The van der Waals surface area contributed by atoms with E-state index in [9.17, 15) is 9.90 Å². The molecule has 5 heteroatoms. The molecule has 0 spiro atoms. The summed E-state index contributed by atoms with van der Waals surface area (Å²) in [6.07, 6.45) is 4.99. The SMILES string of the molecule is Cn1ncc2c1CCCC2Nc1ccccc1C(=O)O. The van der Waals surface area contributed by atoms with Crippen molar-refractivity contribution in [3.63, 3.8) is 0 Å². The van der Waals surface area contributed by atoms with Gasteiger partial charge in [-0.2, -0.15) is 5.10 Å². The van der Waals surface area contributed by atoms with E-state index in [1.807, 2.05) is 30.1 Å². The lowest BCUT2D eigenvalue weighted by Gasteiger charge is -2.25. The van der Waals surface area contributed by atoms with Gasteiger partial charge in [-0.15, -0.1) is 0 Å². The molecule has 0 fully saturated rings. The van der Waals surface area contributed by atoms with E-state index in [1.165, 1.54) is 11.3 Å². The van der Waals surface area contributed by atoms with E-state index in [4.69, 9.17) is 0 Å². The van der Waals surface area contributed by atoms with Gasteiger partial charge in [0.2, 0.25) is 0 Å². The normalized spacial score (nSPS) is 17.6. The molecular formula is C15H17N3O2. The monoisotopic (exact) mass is 271 g/mol. The van der Waals surface area contributed by atoms with Crippen molar-refractivity contribution in [1.29, 1.82) is 0 Å². The standard InChI is InChI=1S/C15H17N3O2/c1-18-14-8-4-7-13(11(14)9-16-18)17-12-6-3-2-5-10(12)15(19)20/h2-3,5-6,9,13,17H,4,7-8H2,1H3,(H,19,20). The maximum Gasteiger partial charge on any atom is 0.337 e. The predicted octanol–water partition coefficient (Wildman–Crippen LogP) is 2.61. The number of carboxylic acids is 1. The van der Waals surface area contributed by atoms with Gasteiger partial charge in [-0.1, -0.05) is 12.1 Å². The molecule has 3 rings (SSSR count). The van der Waals surface area contributed by atoms with E-state index < -0.39 is 5.97 Å². The first-order valence-corrected chi connectivity index (χ1v) is 6.76. The zero-order chi connectivity index (χ0) is 14.1. The third-order valence-corrected chi connectivity index (χ3v) is 3.86. The molecule has 1 aromatic heterocycles. The number of aromatic carboxylic acids is 1. The molecular weight excluding hydrogens is 254 g/mol. The molecule has 0 amide bonds. The van der Waals surface area contributed by atoms with E-state index in [0.717, 1.165) is 19.3 Å². The van der Waals surface area contributed by atoms with Gasteiger partial charge in [-0.3, -0.25) is 4.68 Å². The summed E-state index contributed by atoms with van der Waals surface area (Å²) in [4.78, 5) is 11.3. The summed E-state index contributed by atoms with van der Waals surface area (Å²) in [5.41, 5.74) is 3.39. The van der Waals surface area contributed by atoms with Crippen LogP contribution in [0.4, 0.5) is 5.69 Å². The van der Waals surface area contributed by atoms with Crippen LogP contribution in [0.15, 0.2) is 30.5 Å². The Labute approximate surface area is 117 Å². The minimum Gasteiger partial charge on any atom is -0.478 e. The zero-order valence-corrected chi connectivity index (χ0v) is 11.3. The fourth-order valence-electron chi connectivity index (χ4n) is 2.84. The van der Waals surface area contributed by atoms with Gasteiger partial charge in [0, 0.05) is 24.0 Å². The van der Waals surface area contributed by atoms with E-state index >= 15 is 0 Å². The van der Waals surface area contributed by atoms with Gasteiger partial charge in [-0.25, -0.2) is 4.79 Å². The van der Waals surface area contributed by atoms with Crippen molar-refractivity contribution in [2.45, 2.75) is 25.3 Å². The summed E-state index contributed by atoms with van der Waals surface area (Å²) >= 11 is 0. The third-order valence-electron chi connectivity index (χ3n) is 3.86. The number of aryl methyl sites for hydroxylation is 1. The third kappa shape index (κ3) is 2.15. The number of carboxylic acid groups (broad SMARTS) is 1. The first-order chi connectivity index (χ1) is 9.66. The molecule has 1 unspecified atom stereocenters. The van der Waals surface area contributed by atoms with Crippen LogP contribution in [0.3, 0.4) is 0 Å². The van der Waals surface area contributed by atoms with Crippen LogP contribution in [0, 0.1) is 0 Å². The lowest BCUT2D eigenvalue weighted by atomic mass is 9.92. The number of hydrogen-bond acceptors (Lipinski definition) is 3. The molecule has 2 N–H and O–H groups in total. The number of hydrogen-bond donors (Lipinski definition) is 2. The second kappa shape index (κ2) is 5.00. The summed E-state index contributed by atoms with van der Waals surface area (Å²) in [5.74, 6) is -0.907. The van der Waals surface area contributed by atoms with Crippen LogP contribution < -0.4 is 5.32 Å². The first kappa shape index (κ1) is 12.7. The Morgan fingerprint density at radius 2 is 2.25 bits per heavy atom. The number of nitrogens with zero attached hydrogens (tertiary/aromatic N) is 2. The van der Waals surface area contributed by atoms with E-state index in [1.54, 1.807) is 12.1 Å². The lowest BCUT2D eigenvalue weighted by Crippen LogP contribution is -2.19. The number of anilines is 1. The molecule has 1 heterocycles. The Morgan fingerprint density at radius 1 is 1.45 bits per heavy atom. The Kier molecular flexibility index (Phi) is 3.18. The smallest absolute Gasteiger partial charge is 0.337 e. The number of carbonyl (C=O) groups is 1. The molecule has 0 saturated carbocycles. The summed E-state index contributed by atoms with van der Waals surface area (Å²) < 4.78 is 1.91. The summed E-state index contributed by atoms with van der Waals surface area (Å²) in [5, 5.41) is 16.9. The van der Waals surface area contributed by atoms with Crippen LogP contribution >= 0.6 is 0 Å². The number of fused-ring (bicyclic) bond motifs is 1. The fraction of sp³-hybridized carbons (Fsp3) is 0.333. The number of rotatable bonds is 3. The highest BCUT2D eigenvalue weighted by Crippen LogP contribution is 2.32. The Morgan fingerprint density at radius 3 is 3.05 bits per heavy atom. The molecule has 5 nitrogen and oxygen atoms in total. The van der Waals surface area contributed by atoms with Crippen LogP contribution in [-0.2, 0) is 13.5 Å². The topological polar surface area (TPSA) is 67.2 Å². The van der Waals surface area contributed by atoms with Gasteiger partial charge < -0.3 is 10.4 Å². The first-order valence-electron chi connectivity index (χ1n) is 6.76. The minimum atomic E-state index is -0.907. The molecule has 0 saturated heterocycles. The van der Waals surface area contributed by atoms with E-state index in [-0.39, 0.29) is 6.04 Å². The Balaban J connectivity index is 1.91. The molecule has 1 atom stereocenters. The molecule has 20 heavy (non-hydrogen) atoms. The quantitative estimate of drug-likeness (QED) is 0.900. The van der Waals surface area contributed by atoms with E-state index in [2.05, 4.69) is 10.4 Å². The number of aromatic nitrogens is 2. The van der Waals surface area contributed by atoms with Gasteiger partial charge in [0.05, 0.1) is 17.8 Å². The molecule has 1 aliphatic rings. The average Bonchev–Trinajstić information content (AvgIpc) is 2.82. The van der Waals surface area contributed by atoms with E-state index in [0.29, 0.717) is 11.3 Å². The molecule has 0 bridgehead atoms. The summed E-state index contributed by atoms with van der Waals surface area (Å²) in [6, 6.07) is 7.16. The van der Waals surface area contributed by atoms with Crippen molar-refractivity contribution < 1.29 is 9.90 Å². The van der Waals surface area contributed by atoms with Crippen molar-refractivity contribution in [3.05, 3.63) is 47.3 Å². The second-order valence-electron chi connectivity index (χ2n) is 5.11. The van der Waals surface area contributed by atoms with Crippen LogP contribution in [0.1, 0.15) is 40.5 Å². The van der Waals surface area contributed by atoms with Crippen LogP contribution in [0.2, 0.25) is 0 Å². The highest BCUT2D eigenvalue weighted by Gasteiger charge is 2.24. The van der Waals surface area contributed by atoms with Crippen molar-refractivity contribution in [3.8, 4) is 0 Å². The highest BCUT2D eigenvalue weighted by atomic mass is 16.4. The molecule has 1 aromatic carbocycles. The molecule has 0 aliphatic heterocycles. The highest BCUT2D eigenvalue weighted by molar-refractivity contribution is 5.94. The molecule has 1 aliphatic carbocycles. The van der Waals surface area contributed by atoms with Crippen molar-refractivity contribution >= 4 is 11.7 Å².